The number of nitrogens with two attached hydrogens (primary N) is 1. The van der Waals surface area contributed by atoms with E-state index in [4.69, 9.17) is 11.1 Å². The molecule has 3 N–H and O–H groups in total. The fourth-order valence-corrected chi connectivity index (χ4v) is 0.532. The number of nitrogen functional groups attached to an aromatic ring is 1. The largest absolute Gasteiger partial charge is 0.382 e. The van der Waals surface area contributed by atoms with Gasteiger partial charge < -0.3 is 5.73 Å². The standard InChI is InChI=1S/C6H8N4/c1-4-2-10-5(3-9-4)6(7)8/h2-3H,1H3,(H3,7,8). The van der Waals surface area contributed by atoms with E-state index in [1.54, 1.807) is 6.20 Å². The van der Waals surface area contributed by atoms with Gasteiger partial charge in [0.1, 0.15) is 11.5 Å². The smallest absolute Gasteiger partial charge is 0.143 e. The van der Waals surface area contributed by atoms with Crippen molar-refractivity contribution in [2.45, 2.75) is 6.92 Å². The molecule has 0 bridgehead atoms. The second kappa shape index (κ2) is 2.43. The third-order valence-corrected chi connectivity index (χ3v) is 1.06. The van der Waals surface area contributed by atoms with Crippen LogP contribution in [0.3, 0.4) is 0 Å². The van der Waals surface area contributed by atoms with Crippen LogP contribution >= 0.6 is 0 Å². The van der Waals surface area contributed by atoms with Crippen LogP contribution in [0.5, 0.6) is 0 Å². The molecule has 0 unspecified atom stereocenters. The molecule has 0 aliphatic heterocycles. The van der Waals surface area contributed by atoms with Crippen molar-refractivity contribution < 1.29 is 0 Å². The first-order valence-electron chi connectivity index (χ1n) is 2.83. The predicted octanol–water partition coefficient (Wildman–Crippen LogP) is 0.0691. The van der Waals surface area contributed by atoms with Crippen molar-refractivity contribution in [3.05, 3.63) is 23.8 Å². The molecular formula is C6H8N4. The number of nitrogens with zero attached hydrogens (tertiary/aromatic N) is 2. The molecule has 4 heteroatoms. The van der Waals surface area contributed by atoms with Gasteiger partial charge in [0.25, 0.3) is 0 Å². The van der Waals surface area contributed by atoms with Gasteiger partial charge in [-0.05, 0) is 6.92 Å². The average molecular weight is 136 g/mol. The lowest BCUT2D eigenvalue weighted by Gasteiger charge is -1.94. The van der Waals surface area contributed by atoms with E-state index in [1.165, 1.54) is 6.20 Å². The molecule has 0 aliphatic carbocycles. The Bertz CT molecular complexity index is 238. The average Bonchev–Trinajstić information content (AvgIpc) is 1.88. The van der Waals surface area contributed by atoms with Gasteiger partial charge in [-0.1, -0.05) is 0 Å². The second-order valence-electron chi connectivity index (χ2n) is 1.96. The Morgan fingerprint density at radius 3 is 2.60 bits per heavy atom. The van der Waals surface area contributed by atoms with Gasteiger partial charge in [-0.15, -0.1) is 0 Å². The van der Waals surface area contributed by atoms with E-state index in [0.29, 0.717) is 5.69 Å². The maximum atomic E-state index is 6.98. The highest BCUT2D eigenvalue weighted by atomic mass is 14.8. The highest BCUT2D eigenvalue weighted by molar-refractivity contribution is 5.92. The maximum absolute atomic E-state index is 6.98. The number of rotatable bonds is 1. The molecule has 0 saturated carbocycles. The van der Waals surface area contributed by atoms with Crippen molar-refractivity contribution in [2.24, 2.45) is 5.73 Å². The Kier molecular flexibility index (Phi) is 1.62. The molecule has 52 valence electrons. The quantitative estimate of drug-likeness (QED) is 0.423. The molecule has 0 spiro atoms. The van der Waals surface area contributed by atoms with Gasteiger partial charge in [0.05, 0.1) is 11.9 Å². The molecule has 1 aromatic heterocycles. The lowest BCUT2D eigenvalue weighted by Crippen LogP contribution is -2.13. The van der Waals surface area contributed by atoms with Crippen LogP contribution < -0.4 is 5.73 Å². The summed E-state index contributed by atoms with van der Waals surface area (Å²) in [5.41, 5.74) is 6.39. The molecular weight excluding hydrogens is 128 g/mol. The van der Waals surface area contributed by atoms with E-state index in [1.807, 2.05) is 6.92 Å². The first kappa shape index (κ1) is 6.67. The van der Waals surface area contributed by atoms with Crippen molar-refractivity contribution in [1.82, 2.24) is 9.97 Å². The molecule has 1 rings (SSSR count). The van der Waals surface area contributed by atoms with Gasteiger partial charge >= 0.3 is 0 Å². The van der Waals surface area contributed by atoms with Gasteiger partial charge in [-0.2, -0.15) is 0 Å². The lowest BCUT2D eigenvalue weighted by molar-refractivity contribution is 1.09. The van der Waals surface area contributed by atoms with Crippen molar-refractivity contribution in [3.8, 4) is 0 Å². The summed E-state index contributed by atoms with van der Waals surface area (Å²) in [5, 5.41) is 6.98. The van der Waals surface area contributed by atoms with Crippen LogP contribution in [0, 0.1) is 12.3 Å². The van der Waals surface area contributed by atoms with E-state index in [-0.39, 0.29) is 5.84 Å². The number of nitrogens with one attached hydrogen (secondary N) is 1. The summed E-state index contributed by atoms with van der Waals surface area (Å²) < 4.78 is 0. The fraction of sp³-hybridized carbons (Fsp3) is 0.167. The number of hydrogen-bond acceptors (Lipinski definition) is 3. The van der Waals surface area contributed by atoms with Crippen LogP contribution in [0.1, 0.15) is 11.4 Å². The van der Waals surface area contributed by atoms with Gasteiger partial charge in [0, 0.05) is 6.20 Å². The first-order chi connectivity index (χ1) is 4.70. The van der Waals surface area contributed by atoms with Crippen molar-refractivity contribution in [2.75, 3.05) is 0 Å². The third-order valence-electron chi connectivity index (χ3n) is 1.06. The Hall–Kier alpha value is -1.45. The number of aromatic nitrogens is 2. The molecule has 0 atom stereocenters. The van der Waals surface area contributed by atoms with Crippen molar-refractivity contribution in [3.63, 3.8) is 0 Å². The molecule has 0 fully saturated rings. The lowest BCUT2D eigenvalue weighted by atomic mass is 10.4. The maximum Gasteiger partial charge on any atom is 0.143 e. The zero-order chi connectivity index (χ0) is 7.56. The second-order valence-corrected chi connectivity index (χ2v) is 1.96. The first-order valence-corrected chi connectivity index (χ1v) is 2.83. The molecule has 0 saturated heterocycles. The van der Waals surface area contributed by atoms with E-state index >= 15 is 0 Å². The van der Waals surface area contributed by atoms with Gasteiger partial charge in [-0.25, -0.2) is 4.98 Å². The SMILES string of the molecule is Cc1cnc(C(=N)N)cn1. The van der Waals surface area contributed by atoms with Gasteiger partial charge in [0.15, 0.2) is 0 Å². The van der Waals surface area contributed by atoms with Crippen LogP contribution in [0.2, 0.25) is 0 Å². The Morgan fingerprint density at radius 1 is 1.50 bits per heavy atom. The van der Waals surface area contributed by atoms with Crippen LogP contribution in [-0.4, -0.2) is 15.8 Å². The zero-order valence-corrected chi connectivity index (χ0v) is 5.63. The minimum Gasteiger partial charge on any atom is -0.382 e. The van der Waals surface area contributed by atoms with Crippen molar-refractivity contribution in [1.29, 1.82) is 5.41 Å². The predicted molar refractivity (Wildman–Crippen MR) is 37.8 cm³/mol. The topological polar surface area (TPSA) is 75.7 Å². The van der Waals surface area contributed by atoms with Crippen LogP contribution in [0.4, 0.5) is 0 Å². The normalized spacial score (nSPS) is 9.30. The summed E-state index contributed by atoms with van der Waals surface area (Å²) in [4.78, 5) is 7.78. The highest BCUT2D eigenvalue weighted by Crippen LogP contribution is 1.90. The molecule has 1 heterocycles. The van der Waals surface area contributed by atoms with Gasteiger partial charge in [-0.3, -0.25) is 10.4 Å². The summed E-state index contributed by atoms with van der Waals surface area (Å²) in [6.45, 7) is 1.83. The summed E-state index contributed by atoms with van der Waals surface area (Å²) in [6.07, 6.45) is 3.06. The minimum absolute atomic E-state index is 0.0486. The Morgan fingerprint density at radius 2 is 2.20 bits per heavy atom. The Labute approximate surface area is 58.6 Å². The van der Waals surface area contributed by atoms with Crippen LogP contribution in [-0.2, 0) is 0 Å². The molecule has 1 aromatic rings. The van der Waals surface area contributed by atoms with E-state index in [9.17, 15) is 0 Å². The highest BCUT2D eigenvalue weighted by Gasteiger charge is 1.95. The van der Waals surface area contributed by atoms with E-state index in [2.05, 4.69) is 9.97 Å². The van der Waals surface area contributed by atoms with Gasteiger partial charge in [0.2, 0.25) is 0 Å². The van der Waals surface area contributed by atoms with Crippen LogP contribution in [0.15, 0.2) is 12.4 Å². The molecule has 0 radical (unpaired) electrons. The molecule has 0 aromatic carbocycles. The number of hydrogen-bond donors (Lipinski definition) is 2. The molecule has 0 aliphatic rings. The van der Waals surface area contributed by atoms with E-state index < -0.39 is 0 Å². The summed E-state index contributed by atoms with van der Waals surface area (Å²) in [5.74, 6) is -0.0486. The third kappa shape index (κ3) is 1.28. The zero-order valence-electron chi connectivity index (χ0n) is 5.63. The summed E-state index contributed by atoms with van der Waals surface area (Å²) in [7, 11) is 0. The van der Waals surface area contributed by atoms with Crippen LogP contribution in [0.25, 0.3) is 0 Å². The fourth-order valence-electron chi connectivity index (χ4n) is 0.532. The minimum atomic E-state index is -0.0486. The van der Waals surface area contributed by atoms with Crippen molar-refractivity contribution >= 4 is 5.84 Å². The number of amidine groups is 1. The molecule has 4 nitrogen and oxygen atoms in total. The molecule has 0 amide bonds. The summed E-state index contributed by atoms with van der Waals surface area (Å²) >= 11 is 0. The van der Waals surface area contributed by atoms with E-state index in [0.717, 1.165) is 5.69 Å². The Balaban J connectivity index is 3.00. The molecule has 10 heavy (non-hydrogen) atoms. The monoisotopic (exact) mass is 136 g/mol. The summed E-state index contributed by atoms with van der Waals surface area (Å²) in [6, 6.07) is 0. The number of aryl methyl sites for hydroxylation is 1.